The van der Waals surface area contributed by atoms with E-state index < -0.39 is 10.0 Å². The van der Waals surface area contributed by atoms with Crippen LogP contribution in [0.25, 0.3) is 0 Å². The predicted octanol–water partition coefficient (Wildman–Crippen LogP) is 0.514. The van der Waals surface area contributed by atoms with E-state index in [0.29, 0.717) is 0 Å². The second kappa shape index (κ2) is 3.17. The summed E-state index contributed by atoms with van der Waals surface area (Å²) in [7, 11) is -3.78. The summed E-state index contributed by atoms with van der Waals surface area (Å²) in [6, 6.07) is 6.20. The van der Waals surface area contributed by atoms with Gasteiger partial charge in [0, 0.05) is 0 Å². The topological polar surface area (TPSA) is 84.0 Å². The number of benzene rings is 1. The summed E-state index contributed by atoms with van der Waals surface area (Å²) in [5.41, 5.74) is 0.909. The van der Waals surface area contributed by atoms with Crippen LogP contribution in [-0.2, 0) is 10.0 Å². The Hall–Kier alpha value is -1.38. The Balaban J connectivity index is 3.50. The van der Waals surface area contributed by atoms with Gasteiger partial charge in [0.2, 0.25) is 10.0 Å². The van der Waals surface area contributed by atoms with Gasteiger partial charge in [-0.3, -0.25) is 0 Å². The standard InChI is InChI=1S/C8H8N2O2S/c1-6-2-3-8(13(10,11)12)7(4-6)5-9/h2-4H,1H3,(H2,10,11,12). The third-order valence-electron chi connectivity index (χ3n) is 1.56. The first-order chi connectivity index (χ1) is 5.95. The van der Waals surface area contributed by atoms with Crippen LogP contribution in [0.1, 0.15) is 11.1 Å². The molecule has 0 aliphatic rings. The SMILES string of the molecule is Cc1ccc(S(N)(=O)=O)c(C#N)c1. The fourth-order valence-corrected chi connectivity index (χ4v) is 1.65. The molecule has 0 saturated heterocycles. The van der Waals surface area contributed by atoms with Crippen LogP contribution >= 0.6 is 0 Å². The number of hydrogen-bond donors (Lipinski definition) is 1. The monoisotopic (exact) mass is 196 g/mol. The maximum Gasteiger partial charge on any atom is 0.239 e. The second-order valence-corrected chi connectivity index (χ2v) is 4.19. The van der Waals surface area contributed by atoms with Crippen molar-refractivity contribution >= 4 is 10.0 Å². The Morgan fingerprint density at radius 1 is 1.46 bits per heavy atom. The largest absolute Gasteiger partial charge is 0.239 e. The number of primary sulfonamides is 1. The van der Waals surface area contributed by atoms with Crippen molar-refractivity contribution in [2.75, 3.05) is 0 Å². The van der Waals surface area contributed by atoms with Gasteiger partial charge < -0.3 is 0 Å². The van der Waals surface area contributed by atoms with Gasteiger partial charge in [-0.1, -0.05) is 6.07 Å². The molecule has 0 bridgehead atoms. The Bertz CT molecular complexity index is 471. The van der Waals surface area contributed by atoms with Crippen LogP contribution in [0.4, 0.5) is 0 Å². The van der Waals surface area contributed by atoms with Gasteiger partial charge >= 0.3 is 0 Å². The van der Waals surface area contributed by atoms with E-state index in [-0.39, 0.29) is 10.5 Å². The van der Waals surface area contributed by atoms with Crippen LogP contribution in [0.3, 0.4) is 0 Å². The number of nitrogens with zero attached hydrogens (tertiary/aromatic N) is 1. The van der Waals surface area contributed by atoms with Crippen LogP contribution < -0.4 is 5.14 Å². The highest BCUT2D eigenvalue weighted by Crippen LogP contribution is 2.14. The van der Waals surface area contributed by atoms with Crippen molar-refractivity contribution in [2.45, 2.75) is 11.8 Å². The number of rotatable bonds is 1. The van der Waals surface area contributed by atoms with Gasteiger partial charge in [-0.25, -0.2) is 13.6 Å². The van der Waals surface area contributed by atoms with E-state index in [4.69, 9.17) is 10.4 Å². The average molecular weight is 196 g/mol. The molecule has 0 atom stereocenters. The zero-order chi connectivity index (χ0) is 10.1. The second-order valence-electron chi connectivity index (χ2n) is 2.66. The van der Waals surface area contributed by atoms with Gasteiger partial charge in [0.15, 0.2) is 0 Å². The lowest BCUT2D eigenvalue weighted by molar-refractivity contribution is 0.597. The molecule has 0 saturated carbocycles. The lowest BCUT2D eigenvalue weighted by Gasteiger charge is -2.01. The van der Waals surface area contributed by atoms with Crippen molar-refractivity contribution in [3.05, 3.63) is 29.3 Å². The van der Waals surface area contributed by atoms with Crippen molar-refractivity contribution in [3.8, 4) is 6.07 Å². The molecule has 5 heteroatoms. The normalized spacial score (nSPS) is 10.8. The Morgan fingerprint density at radius 3 is 2.54 bits per heavy atom. The van der Waals surface area contributed by atoms with E-state index in [1.54, 1.807) is 19.1 Å². The number of aryl methyl sites for hydroxylation is 1. The first-order valence-electron chi connectivity index (χ1n) is 3.48. The maximum absolute atomic E-state index is 11.0. The molecule has 0 aliphatic carbocycles. The lowest BCUT2D eigenvalue weighted by Crippen LogP contribution is -2.13. The van der Waals surface area contributed by atoms with Crippen molar-refractivity contribution in [1.82, 2.24) is 0 Å². The number of sulfonamides is 1. The fourth-order valence-electron chi connectivity index (χ4n) is 0.979. The molecular formula is C8H8N2O2S. The molecular weight excluding hydrogens is 188 g/mol. The molecule has 1 aromatic rings. The van der Waals surface area contributed by atoms with Crippen molar-refractivity contribution in [2.24, 2.45) is 5.14 Å². The minimum absolute atomic E-state index is 0.0856. The summed E-state index contributed by atoms with van der Waals surface area (Å²) in [5, 5.41) is 13.5. The minimum atomic E-state index is -3.78. The van der Waals surface area contributed by atoms with E-state index in [1.807, 2.05) is 0 Å². The van der Waals surface area contributed by atoms with Crippen LogP contribution in [0.5, 0.6) is 0 Å². The summed E-state index contributed by atoms with van der Waals surface area (Å²) in [4.78, 5) is -0.124. The highest BCUT2D eigenvalue weighted by atomic mass is 32.2. The molecule has 1 aromatic carbocycles. The summed E-state index contributed by atoms with van der Waals surface area (Å²) in [6.07, 6.45) is 0. The van der Waals surface area contributed by atoms with Crippen LogP contribution in [0, 0.1) is 18.3 Å². The fraction of sp³-hybridized carbons (Fsp3) is 0.125. The molecule has 0 radical (unpaired) electrons. The van der Waals surface area contributed by atoms with Gasteiger partial charge in [0.05, 0.1) is 10.5 Å². The Kier molecular flexibility index (Phi) is 2.36. The summed E-state index contributed by atoms with van der Waals surface area (Å²) in [5.74, 6) is 0. The highest BCUT2D eigenvalue weighted by Gasteiger charge is 2.12. The lowest BCUT2D eigenvalue weighted by atomic mass is 10.2. The van der Waals surface area contributed by atoms with E-state index in [1.165, 1.54) is 12.1 Å². The highest BCUT2D eigenvalue weighted by molar-refractivity contribution is 7.89. The van der Waals surface area contributed by atoms with Gasteiger partial charge in [-0.05, 0) is 24.6 Å². The van der Waals surface area contributed by atoms with Crippen molar-refractivity contribution in [3.63, 3.8) is 0 Å². The van der Waals surface area contributed by atoms with Crippen molar-refractivity contribution in [1.29, 1.82) is 5.26 Å². The van der Waals surface area contributed by atoms with Gasteiger partial charge in [0.1, 0.15) is 6.07 Å². The Morgan fingerprint density at radius 2 is 2.08 bits per heavy atom. The number of nitrogens with two attached hydrogens (primary N) is 1. The maximum atomic E-state index is 11.0. The molecule has 2 N–H and O–H groups in total. The van der Waals surface area contributed by atoms with Crippen LogP contribution in [-0.4, -0.2) is 8.42 Å². The molecule has 0 fully saturated rings. The number of hydrogen-bond acceptors (Lipinski definition) is 3. The first kappa shape index (κ1) is 9.71. The van der Waals surface area contributed by atoms with E-state index >= 15 is 0 Å². The molecule has 4 nitrogen and oxygen atoms in total. The van der Waals surface area contributed by atoms with E-state index in [9.17, 15) is 8.42 Å². The molecule has 0 unspecified atom stereocenters. The average Bonchev–Trinajstić information content (AvgIpc) is 2.01. The molecule has 13 heavy (non-hydrogen) atoms. The van der Waals surface area contributed by atoms with Gasteiger partial charge in [-0.15, -0.1) is 0 Å². The van der Waals surface area contributed by atoms with Crippen molar-refractivity contribution < 1.29 is 8.42 Å². The molecule has 0 spiro atoms. The molecule has 0 aliphatic heterocycles. The minimum Gasteiger partial charge on any atom is -0.225 e. The van der Waals surface area contributed by atoms with Gasteiger partial charge in [-0.2, -0.15) is 5.26 Å². The summed E-state index contributed by atoms with van der Waals surface area (Å²) >= 11 is 0. The van der Waals surface area contributed by atoms with E-state index in [0.717, 1.165) is 5.56 Å². The molecule has 0 heterocycles. The Labute approximate surface area is 76.7 Å². The number of nitriles is 1. The third-order valence-corrected chi connectivity index (χ3v) is 2.53. The summed E-state index contributed by atoms with van der Waals surface area (Å²) in [6.45, 7) is 1.77. The van der Waals surface area contributed by atoms with Crippen LogP contribution in [0.2, 0.25) is 0 Å². The molecule has 1 rings (SSSR count). The zero-order valence-electron chi connectivity index (χ0n) is 6.98. The molecule has 0 amide bonds. The third kappa shape index (κ3) is 2.05. The predicted molar refractivity (Wildman–Crippen MR) is 47.3 cm³/mol. The van der Waals surface area contributed by atoms with E-state index in [2.05, 4.69) is 0 Å². The van der Waals surface area contributed by atoms with Gasteiger partial charge in [0.25, 0.3) is 0 Å². The smallest absolute Gasteiger partial charge is 0.225 e. The van der Waals surface area contributed by atoms with Crippen LogP contribution in [0.15, 0.2) is 23.1 Å². The molecule has 68 valence electrons. The quantitative estimate of drug-likeness (QED) is 0.710. The first-order valence-corrected chi connectivity index (χ1v) is 5.03. The molecule has 0 aromatic heterocycles. The zero-order valence-corrected chi connectivity index (χ0v) is 7.80. The summed E-state index contributed by atoms with van der Waals surface area (Å²) < 4.78 is 21.9.